The molecule has 1 aromatic heterocycles. The van der Waals surface area contributed by atoms with Crippen LogP contribution in [-0.4, -0.2) is 59.5 Å². The topological polar surface area (TPSA) is 117 Å². The Labute approximate surface area is 213 Å². The summed E-state index contributed by atoms with van der Waals surface area (Å²) in [6.07, 6.45) is 2.73. The Bertz CT molecular complexity index is 1440. The Morgan fingerprint density at radius 1 is 1.00 bits per heavy atom. The summed E-state index contributed by atoms with van der Waals surface area (Å²) in [7, 11) is -3.60. The van der Waals surface area contributed by atoms with E-state index in [-0.39, 0.29) is 27.1 Å². The summed E-state index contributed by atoms with van der Waals surface area (Å²) < 4.78 is 28.2. The molecular weight excluding hydrogens is 500 g/mol. The van der Waals surface area contributed by atoms with Crippen LogP contribution in [-0.2, 0) is 14.8 Å². The number of carbonyl (C=O) groups is 3. The highest BCUT2D eigenvalue weighted by Gasteiger charge is 2.44. The predicted octanol–water partition coefficient (Wildman–Crippen LogP) is 3.73. The Kier molecular flexibility index (Phi) is 6.39. The Morgan fingerprint density at radius 2 is 1.64 bits per heavy atom. The Morgan fingerprint density at radius 3 is 2.25 bits per heavy atom. The van der Waals surface area contributed by atoms with Gasteiger partial charge in [0, 0.05) is 13.1 Å². The van der Waals surface area contributed by atoms with Crippen molar-refractivity contribution >= 4 is 54.4 Å². The van der Waals surface area contributed by atoms with E-state index in [1.54, 1.807) is 50.2 Å². The maximum Gasteiger partial charge on any atom is 0.262 e. The van der Waals surface area contributed by atoms with Gasteiger partial charge < -0.3 is 5.32 Å². The second-order valence-corrected chi connectivity index (χ2v) is 12.3. The minimum absolute atomic E-state index is 0.199. The average molecular weight is 527 g/mol. The molecule has 9 nitrogen and oxygen atoms in total. The van der Waals surface area contributed by atoms with E-state index < -0.39 is 33.8 Å². The summed E-state index contributed by atoms with van der Waals surface area (Å²) in [6.45, 7) is 4.56. The lowest BCUT2D eigenvalue weighted by atomic mass is 10.0. The normalized spacial score (nSPS) is 17.6. The summed E-state index contributed by atoms with van der Waals surface area (Å²) in [4.78, 5) is 44.9. The molecule has 0 spiro atoms. The van der Waals surface area contributed by atoms with Crippen LogP contribution in [0.3, 0.4) is 0 Å². The number of imide groups is 1. The lowest BCUT2D eigenvalue weighted by molar-refractivity contribution is -0.121. The third-order valence-electron chi connectivity index (χ3n) is 6.55. The molecule has 1 saturated heterocycles. The molecule has 0 aliphatic carbocycles. The van der Waals surface area contributed by atoms with E-state index >= 15 is 0 Å². The van der Waals surface area contributed by atoms with Crippen molar-refractivity contribution in [3.63, 3.8) is 0 Å². The highest BCUT2D eigenvalue weighted by atomic mass is 32.2. The van der Waals surface area contributed by atoms with Gasteiger partial charge in [0.25, 0.3) is 11.8 Å². The van der Waals surface area contributed by atoms with Gasteiger partial charge in [0.15, 0.2) is 5.13 Å². The molecule has 1 atom stereocenters. The van der Waals surface area contributed by atoms with E-state index in [1.165, 1.54) is 10.4 Å². The largest absolute Gasteiger partial charge is 0.300 e. The fourth-order valence-electron chi connectivity index (χ4n) is 4.73. The molecule has 1 unspecified atom stereocenters. The zero-order valence-electron chi connectivity index (χ0n) is 19.9. The fraction of sp³-hybridized carbons (Fsp3) is 0.360. The van der Waals surface area contributed by atoms with Crippen LogP contribution in [0, 0.1) is 5.92 Å². The van der Waals surface area contributed by atoms with Crippen molar-refractivity contribution in [2.24, 2.45) is 5.92 Å². The van der Waals surface area contributed by atoms with E-state index in [0.29, 0.717) is 23.3 Å². The summed E-state index contributed by atoms with van der Waals surface area (Å²) in [5.74, 6) is -1.87. The van der Waals surface area contributed by atoms with Gasteiger partial charge >= 0.3 is 0 Å². The molecule has 3 aromatic rings. The SMILES string of the molecule is CC(C)C(C(=O)Nc1nc2ccc(S(=O)(=O)N3CCCCC3)cc2s1)N1C(=O)c2ccccc2C1=O. The molecule has 3 heterocycles. The van der Waals surface area contributed by atoms with Gasteiger partial charge in [0.2, 0.25) is 15.9 Å². The number of rotatable bonds is 6. The first-order valence-corrected chi connectivity index (χ1v) is 14.1. The van der Waals surface area contributed by atoms with E-state index in [1.807, 2.05) is 0 Å². The smallest absolute Gasteiger partial charge is 0.262 e. The number of anilines is 1. The first kappa shape index (κ1) is 24.5. The van der Waals surface area contributed by atoms with Gasteiger partial charge in [0.05, 0.1) is 26.2 Å². The lowest BCUT2D eigenvalue weighted by Gasteiger charge is -2.27. The second-order valence-electron chi connectivity index (χ2n) is 9.32. The number of carbonyl (C=O) groups excluding carboxylic acids is 3. The standard InChI is InChI=1S/C25H26N4O5S2/c1-15(2)21(29-23(31)17-8-4-5-9-18(17)24(29)32)22(30)27-25-26-19-11-10-16(14-20(19)35-25)36(33,34)28-12-6-3-7-13-28/h4-5,8-11,14-15,21H,3,6-7,12-13H2,1-2H3,(H,26,27,30). The predicted molar refractivity (Wildman–Crippen MR) is 136 cm³/mol. The summed E-state index contributed by atoms with van der Waals surface area (Å²) in [5, 5.41) is 3.01. The third kappa shape index (κ3) is 4.21. The Hall–Kier alpha value is -3.15. The first-order valence-electron chi connectivity index (χ1n) is 11.9. The number of amides is 3. The van der Waals surface area contributed by atoms with Crippen LogP contribution >= 0.6 is 11.3 Å². The monoisotopic (exact) mass is 526 g/mol. The number of benzene rings is 2. The molecule has 2 aromatic carbocycles. The zero-order chi connectivity index (χ0) is 25.6. The number of thiazole rings is 1. The molecule has 0 bridgehead atoms. The van der Waals surface area contributed by atoms with Crippen LogP contribution < -0.4 is 5.32 Å². The zero-order valence-corrected chi connectivity index (χ0v) is 21.6. The van der Waals surface area contributed by atoms with Gasteiger partial charge in [-0.3, -0.25) is 19.3 Å². The minimum Gasteiger partial charge on any atom is -0.300 e. The molecule has 36 heavy (non-hydrogen) atoms. The van der Waals surface area contributed by atoms with Crippen molar-refractivity contribution in [3.8, 4) is 0 Å². The van der Waals surface area contributed by atoms with Gasteiger partial charge in [0.1, 0.15) is 6.04 Å². The average Bonchev–Trinajstić information content (AvgIpc) is 3.38. The van der Waals surface area contributed by atoms with E-state index in [2.05, 4.69) is 10.3 Å². The van der Waals surface area contributed by atoms with Crippen LogP contribution in [0.2, 0.25) is 0 Å². The molecule has 5 rings (SSSR count). The number of nitrogens with zero attached hydrogens (tertiary/aromatic N) is 3. The first-order chi connectivity index (χ1) is 17.2. The lowest BCUT2D eigenvalue weighted by Crippen LogP contribution is -2.50. The molecule has 1 N–H and O–H groups in total. The molecule has 2 aliphatic rings. The number of nitrogens with one attached hydrogen (secondary N) is 1. The minimum atomic E-state index is -3.60. The Balaban J connectivity index is 1.39. The van der Waals surface area contributed by atoms with Crippen molar-refractivity contribution in [3.05, 3.63) is 53.6 Å². The number of sulfonamides is 1. The number of hydrogen-bond donors (Lipinski definition) is 1. The molecule has 188 valence electrons. The number of piperidine rings is 1. The molecule has 1 fully saturated rings. The molecule has 0 radical (unpaired) electrons. The maximum atomic E-state index is 13.3. The van der Waals surface area contributed by atoms with Crippen LogP contribution in [0.5, 0.6) is 0 Å². The van der Waals surface area contributed by atoms with Crippen molar-refractivity contribution in [2.45, 2.75) is 44.0 Å². The second kappa shape index (κ2) is 9.38. The van der Waals surface area contributed by atoms with Crippen molar-refractivity contribution in [1.29, 1.82) is 0 Å². The van der Waals surface area contributed by atoms with Gasteiger partial charge in [-0.2, -0.15) is 4.31 Å². The van der Waals surface area contributed by atoms with Gasteiger partial charge in [-0.1, -0.05) is 43.7 Å². The number of aromatic nitrogens is 1. The van der Waals surface area contributed by atoms with Crippen molar-refractivity contribution < 1.29 is 22.8 Å². The van der Waals surface area contributed by atoms with Crippen molar-refractivity contribution in [1.82, 2.24) is 14.2 Å². The molecule has 0 saturated carbocycles. The van der Waals surface area contributed by atoms with E-state index in [4.69, 9.17) is 0 Å². The highest BCUT2D eigenvalue weighted by Crippen LogP contribution is 2.32. The van der Waals surface area contributed by atoms with Crippen LogP contribution in [0.15, 0.2) is 47.4 Å². The van der Waals surface area contributed by atoms with Gasteiger partial charge in [-0.15, -0.1) is 0 Å². The highest BCUT2D eigenvalue weighted by molar-refractivity contribution is 7.89. The summed E-state index contributed by atoms with van der Waals surface area (Å²) in [5.41, 5.74) is 1.11. The molecule has 3 amide bonds. The van der Waals surface area contributed by atoms with Crippen LogP contribution in [0.4, 0.5) is 5.13 Å². The third-order valence-corrected chi connectivity index (χ3v) is 9.37. The number of hydrogen-bond acceptors (Lipinski definition) is 7. The maximum absolute atomic E-state index is 13.3. The molecule has 2 aliphatic heterocycles. The van der Waals surface area contributed by atoms with E-state index in [9.17, 15) is 22.8 Å². The molecular formula is C25H26N4O5S2. The summed E-state index contributed by atoms with van der Waals surface area (Å²) in [6, 6.07) is 10.2. The fourth-order valence-corrected chi connectivity index (χ4v) is 7.26. The number of fused-ring (bicyclic) bond motifs is 2. The molecule has 11 heteroatoms. The van der Waals surface area contributed by atoms with Crippen molar-refractivity contribution in [2.75, 3.05) is 18.4 Å². The van der Waals surface area contributed by atoms with Gasteiger partial charge in [-0.25, -0.2) is 13.4 Å². The van der Waals surface area contributed by atoms with Crippen LogP contribution in [0.1, 0.15) is 53.8 Å². The van der Waals surface area contributed by atoms with Crippen LogP contribution in [0.25, 0.3) is 10.2 Å². The van der Waals surface area contributed by atoms with Gasteiger partial charge in [-0.05, 0) is 49.1 Å². The van der Waals surface area contributed by atoms with E-state index in [0.717, 1.165) is 35.5 Å². The summed E-state index contributed by atoms with van der Waals surface area (Å²) >= 11 is 1.15. The quantitative estimate of drug-likeness (QED) is 0.489.